The number of hydrogen-bond acceptors (Lipinski definition) is 3. The van der Waals surface area contributed by atoms with Crippen molar-refractivity contribution < 1.29 is 0 Å². The Morgan fingerprint density at radius 2 is 1.83 bits per heavy atom. The molecule has 0 aliphatic rings. The summed E-state index contributed by atoms with van der Waals surface area (Å²) in [5, 5.41) is 6.39. The fourth-order valence-electron chi connectivity index (χ4n) is 2.73. The van der Waals surface area contributed by atoms with Crippen LogP contribution in [0.15, 0.2) is 65.6 Å². The predicted octanol–water partition coefficient (Wildman–Crippen LogP) is 4.47. The van der Waals surface area contributed by atoms with Crippen molar-refractivity contribution in [2.45, 2.75) is 0 Å². The van der Waals surface area contributed by atoms with Crippen LogP contribution in [0.5, 0.6) is 0 Å². The van der Waals surface area contributed by atoms with Crippen molar-refractivity contribution in [2.75, 3.05) is 5.32 Å². The number of nitrogens with one attached hydrogen (secondary N) is 2. The van der Waals surface area contributed by atoms with E-state index in [1.165, 1.54) is 0 Å². The molecule has 5 heteroatoms. The second-order valence-electron chi connectivity index (χ2n) is 5.22. The minimum absolute atomic E-state index is 0.138. The molecule has 112 valence electrons. The molecular formula is C18H12ClN3O. The highest BCUT2D eigenvalue weighted by atomic mass is 35.5. The average Bonchev–Trinajstić information content (AvgIpc) is 2.55. The molecule has 0 fully saturated rings. The van der Waals surface area contributed by atoms with Crippen LogP contribution in [0.4, 0.5) is 11.4 Å². The maximum absolute atomic E-state index is 12.2. The van der Waals surface area contributed by atoms with Gasteiger partial charge in [-0.25, -0.2) is 4.98 Å². The van der Waals surface area contributed by atoms with Gasteiger partial charge in [-0.3, -0.25) is 4.79 Å². The number of nitrogens with zero attached hydrogens (tertiary/aromatic N) is 1. The molecule has 4 nitrogen and oxygen atoms in total. The summed E-state index contributed by atoms with van der Waals surface area (Å²) in [4.78, 5) is 19.3. The zero-order valence-corrected chi connectivity index (χ0v) is 12.8. The number of aromatic amines is 1. The van der Waals surface area contributed by atoms with E-state index in [1.807, 2.05) is 54.6 Å². The number of H-pyrrole nitrogens is 1. The quantitative estimate of drug-likeness (QED) is 0.535. The Bertz CT molecular complexity index is 1090. The first-order valence-electron chi connectivity index (χ1n) is 7.15. The zero-order valence-electron chi connectivity index (χ0n) is 12.0. The van der Waals surface area contributed by atoms with Crippen molar-refractivity contribution in [3.63, 3.8) is 0 Å². The van der Waals surface area contributed by atoms with Crippen molar-refractivity contribution in [1.82, 2.24) is 9.97 Å². The summed E-state index contributed by atoms with van der Waals surface area (Å²) in [6.07, 6.45) is 1.67. The molecular weight excluding hydrogens is 310 g/mol. The van der Waals surface area contributed by atoms with Gasteiger partial charge in [0.25, 0.3) is 5.56 Å². The van der Waals surface area contributed by atoms with Gasteiger partial charge in [-0.15, -0.1) is 0 Å². The Kier molecular flexibility index (Phi) is 3.24. The molecule has 0 aliphatic heterocycles. The van der Waals surface area contributed by atoms with E-state index in [2.05, 4.69) is 15.3 Å². The largest absolute Gasteiger partial charge is 0.355 e. The van der Waals surface area contributed by atoms with Gasteiger partial charge in [-0.1, -0.05) is 35.9 Å². The number of pyridine rings is 2. The number of aromatic nitrogens is 2. The molecule has 23 heavy (non-hydrogen) atoms. The number of hydrogen-bond donors (Lipinski definition) is 2. The maximum atomic E-state index is 12.2. The van der Waals surface area contributed by atoms with Gasteiger partial charge in [0.1, 0.15) is 5.65 Å². The monoisotopic (exact) mass is 321 g/mol. The van der Waals surface area contributed by atoms with E-state index >= 15 is 0 Å². The van der Waals surface area contributed by atoms with E-state index in [-0.39, 0.29) is 5.56 Å². The summed E-state index contributed by atoms with van der Waals surface area (Å²) in [5.74, 6) is 0. The molecule has 0 saturated heterocycles. The number of anilines is 2. The third kappa shape index (κ3) is 2.43. The number of halogens is 1. The Morgan fingerprint density at radius 1 is 1.00 bits per heavy atom. The first-order chi connectivity index (χ1) is 11.2. The highest BCUT2D eigenvalue weighted by Crippen LogP contribution is 2.29. The van der Waals surface area contributed by atoms with Gasteiger partial charge in [0, 0.05) is 33.1 Å². The summed E-state index contributed by atoms with van der Waals surface area (Å²) in [5.41, 5.74) is 2.16. The van der Waals surface area contributed by atoms with E-state index in [9.17, 15) is 4.79 Å². The van der Waals surface area contributed by atoms with Crippen LogP contribution in [0.25, 0.3) is 21.8 Å². The number of fused-ring (bicyclic) bond motifs is 3. The lowest BCUT2D eigenvalue weighted by Gasteiger charge is -2.11. The van der Waals surface area contributed by atoms with E-state index in [1.54, 1.807) is 6.20 Å². The van der Waals surface area contributed by atoms with Crippen molar-refractivity contribution in [3.05, 3.63) is 76.2 Å². The second kappa shape index (κ2) is 5.41. The molecule has 2 heterocycles. The SMILES string of the molecule is O=c1[nH]c2nccc(Nc3cccc(Cl)c3)c2c2ccccc12. The second-order valence-corrected chi connectivity index (χ2v) is 5.65. The minimum Gasteiger partial charge on any atom is -0.355 e. The molecule has 0 atom stereocenters. The number of rotatable bonds is 2. The van der Waals surface area contributed by atoms with Gasteiger partial charge in [0.2, 0.25) is 0 Å². The lowest BCUT2D eigenvalue weighted by molar-refractivity contribution is 1.25. The lowest BCUT2D eigenvalue weighted by Crippen LogP contribution is -2.08. The molecule has 0 spiro atoms. The molecule has 0 saturated carbocycles. The third-order valence-corrected chi connectivity index (χ3v) is 3.96. The highest BCUT2D eigenvalue weighted by molar-refractivity contribution is 6.30. The Hall–Kier alpha value is -2.85. The smallest absolute Gasteiger partial charge is 0.257 e. The van der Waals surface area contributed by atoms with Gasteiger partial charge >= 0.3 is 0 Å². The number of benzene rings is 2. The fourth-order valence-corrected chi connectivity index (χ4v) is 2.92. The minimum atomic E-state index is -0.138. The standard InChI is InChI=1S/C18H12ClN3O/c19-11-4-3-5-12(10-11)21-15-8-9-20-17-16(15)13-6-1-2-7-14(13)18(23)22-17/h1-10H,(H2,20,21,22,23). The van der Waals surface area contributed by atoms with E-state index in [0.29, 0.717) is 16.1 Å². The van der Waals surface area contributed by atoms with Crippen LogP contribution in [0.1, 0.15) is 0 Å². The molecule has 0 amide bonds. The summed E-state index contributed by atoms with van der Waals surface area (Å²) in [7, 11) is 0. The Labute approximate surface area is 136 Å². The Morgan fingerprint density at radius 3 is 2.65 bits per heavy atom. The molecule has 0 radical (unpaired) electrons. The molecule has 0 bridgehead atoms. The molecule has 4 aromatic rings. The van der Waals surface area contributed by atoms with Gasteiger partial charge < -0.3 is 10.3 Å². The topological polar surface area (TPSA) is 57.8 Å². The van der Waals surface area contributed by atoms with Crippen LogP contribution in [0, 0.1) is 0 Å². The molecule has 0 unspecified atom stereocenters. The summed E-state index contributed by atoms with van der Waals surface area (Å²) < 4.78 is 0. The molecule has 2 aromatic heterocycles. The maximum Gasteiger partial charge on any atom is 0.257 e. The van der Waals surface area contributed by atoms with E-state index in [4.69, 9.17) is 11.6 Å². The van der Waals surface area contributed by atoms with Crippen molar-refractivity contribution in [3.8, 4) is 0 Å². The van der Waals surface area contributed by atoms with Crippen LogP contribution >= 0.6 is 11.6 Å². The predicted molar refractivity (Wildman–Crippen MR) is 94.6 cm³/mol. The Balaban J connectivity index is 2.00. The van der Waals surface area contributed by atoms with E-state index < -0.39 is 0 Å². The summed E-state index contributed by atoms with van der Waals surface area (Å²) >= 11 is 6.05. The van der Waals surface area contributed by atoms with Crippen LogP contribution in [-0.2, 0) is 0 Å². The first-order valence-corrected chi connectivity index (χ1v) is 7.52. The van der Waals surface area contributed by atoms with Crippen LogP contribution in [-0.4, -0.2) is 9.97 Å². The van der Waals surface area contributed by atoms with E-state index in [0.717, 1.165) is 22.1 Å². The van der Waals surface area contributed by atoms with Gasteiger partial charge in [-0.2, -0.15) is 0 Å². The van der Waals surface area contributed by atoms with Gasteiger partial charge in [-0.05, 0) is 30.3 Å². The van der Waals surface area contributed by atoms with Crippen molar-refractivity contribution >= 4 is 44.8 Å². The van der Waals surface area contributed by atoms with Crippen LogP contribution < -0.4 is 10.9 Å². The summed E-state index contributed by atoms with van der Waals surface area (Å²) in [6.45, 7) is 0. The van der Waals surface area contributed by atoms with Crippen LogP contribution in [0.3, 0.4) is 0 Å². The first kappa shape index (κ1) is 13.8. The van der Waals surface area contributed by atoms with Gasteiger partial charge in [0.05, 0.1) is 5.69 Å². The third-order valence-electron chi connectivity index (χ3n) is 3.73. The normalized spacial score (nSPS) is 11.0. The summed E-state index contributed by atoms with van der Waals surface area (Å²) in [6, 6.07) is 16.9. The van der Waals surface area contributed by atoms with Crippen LogP contribution in [0.2, 0.25) is 5.02 Å². The molecule has 2 aromatic carbocycles. The lowest BCUT2D eigenvalue weighted by atomic mass is 10.1. The molecule has 0 aliphatic carbocycles. The van der Waals surface area contributed by atoms with Crippen molar-refractivity contribution in [2.24, 2.45) is 0 Å². The highest BCUT2D eigenvalue weighted by Gasteiger charge is 2.10. The molecule has 4 rings (SSSR count). The fraction of sp³-hybridized carbons (Fsp3) is 0. The van der Waals surface area contributed by atoms with Gasteiger partial charge in [0.15, 0.2) is 0 Å². The average molecular weight is 322 g/mol. The molecule has 2 N–H and O–H groups in total. The van der Waals surface area contributed by atoms with Crippen molar-refractivity contribution in [1.29, 1.82) is 0 Å². The zero-order chi connectivity index (χ0) is 15.8.